The first-order valence-corrected chi connectivity index (χ1v) is 6.21. The lowest BCUT2D eigenvalue weighted by Crippen LogP contribution is -2.52. The van der Waals surface area contributed by atoms with Gasteiger partial charge in [0, 0.05) is 6.04 Å². The number of hydrogen-bond donors (Lipinski definition) is 1. The van der Waals surface area contributed by atoms with Gasteiger partial charge in [-0.15, -0.1) is 0 Å². The molecule has 86 valence electrons. The zero-order chi connectivity index (χ0) is 11.0. The Morgan fingerprint density at radius 3 is 2.62 bits per heavy atom. The minimum absolute atomic E-state index is 0.209. The van der Waals surface area contributed by atoms with Gasteiger partial charge in [0.05, 0.1) is 12.2 Å². The van der Waals surface area contributed by atoms with Crippen LogP contribution >= 0.6 is 0 Å². The molecule has 0 bridgehead atoms. The molecule has 2 fully saturated rings. The van der Waals surface area contributed by atoms with Crippen LogP contribution in [0.4, 0.5) is 0 Å². The Balaban J connectivity index is 1.76. The maximum Gasteiger partial charge on any atom is 0.0734 e. The van der Waals surface area contributed by atoms with Crippen molar-refractivity contribution in [2.45, 2.75) is 37.8 Å². The average molecular weight is 217 g/mol. The van der Waals surface area contributed by atoms with Gasteiger partial charge in [0.25, 0.3) is 0 Å². The van der Waals surface area contributed by atoms with Crippen molar-refractivity contribution in [1.82, 2.24) is 5.32 Å². The van der Waals surface area contributed by atoms with Gasteiger partial charge in [0.2, 0.25) is 0 Å². The summed E-state index contributed by atoms with van der Waals surface area (Å²) >= 11 is 0. The molecule has 0 saturated carbocycles. The first kappa shape index (κ1) is 10.3. The van der Waals surface area contributed by atoms with E-state index in [4.69, 9.17) is 4.74 Å². The fourth-order valence-corrected chi connectivity index (χ4v) is 2.80. The zero-order valence-corrected chi connectivity index (χ0v) is 9.83. The second kappa shape index (κ2) is 3.86. The van der Waals surface area contributed by atoms with Crippen molar-refractivity contribution >= 4 is 0 Å². The zero-order valence-electron chi connectivity index (χ0n) is 9.83. The molecule has 2 heteroatoms. The number of nitrogens with one attached hydrogen (secondary N) is 1. The Bertz CT molecular complexity index is 367. The molecule has 2 nitrogen and oxygen atoms in total. The normalized spacial score (nSPS) is 33.7. The Labute approximate surface area is 97.0 Å². The SMILES string of the molecule is Cc1ccc(C2CC3(CCN2)CCO3)cc1. The summed E-state index contributed by atoms with van der Waals surface area (Å²) in [7, 11) is 0. The van der Waals surface area contributed by atoms with Gasteiger partial charge in [0.1, 0.15) is 0 Å². The van der Waals surface area contributed by atoms with Crippen molar-refractivity contribution in [3.63, 3.8) is 0 Å². The Morgan fingerprint density at radius 2 is 2.00 bits per heavy atom. The molecule has 2 heterocycles. The quantitative estimate of drug-likeness (QED) is 0.780. The number of aryl methyl sites for hydroxylation is 1. The predicted molar refractivity (Wildman–Crippen MR) is 64.5 cm³/mol. The van der Waals surface area contributed by atoms with Crippen molar-refractivity contribution in [1.29, 1.82) is 0 Å². The standard InChI is InChI=1S/C14H19NO/c1-11-2-4-12(5-3-11)13-10-14(6-8-15-13)7-9-16-14/h2-5,13,15H,6-10H2,1H3. The van der Waals surface area contributed by atoms with Gasteiger partial charge in [-0.25, -0.2) is 0 Å². The van der Waals surface area contributed by atoms with Crippen molar-refractivity contribution in [2.24, 2.45) is 0 Å². The summed E-state index contributed by atoms with van der Waals surface area (Å²) < 4.78 is 5.79. The molecule has 1 spiro atoms. The summed E-state index contributed by atoms with van der Waals surface area (Å²) in [6.45, 7) is 4.17. The molecule has 16 heavy (non-hydrogen) atoms. The highest BCUT2D eigenvalue weighted by atomic mass is 16.5. The van der Waals surface area contributed by atoms with E-state index in [1.54, 1.807) is 0 Å². The van der Waals surface area contributed by atoms with E-state index in [0.29, 0.717) is 6.04 Å². The Hall–Kier alpha value is -0.860. The molecule has 1 N–H and O–H groups in total. The van der Waals surface area contributed by atoms with Crippen LogP contribution in [-0.2, 0) is 4.74 Å². The summed E-state index contributed by atoms with van der Waals surface area (Å²) in [5.41, 5.74) is 2.94. The molecule has 0 aromatic heterocycles. The van der Waals surface area contributed by atoms with E-state index < -0.39 is 0 Å². The van der Waals surface area contributed by atoms with Crippen LogP contribution in [0.15, 0.2) is 24.3 Å². The van der Waals surface area contributed by atoms with Gasteiger partial charge < -0.3 is 10.1 Å². The van der Waals surface area contributed by atoms with Gasteiger partial charge in [-0.2, -0.15) is 0 Å². The molecule has 2 unspecified atom stereocenters. The highest BCUT2D eigenvalue weighted by Gasteiger charge is 2.42. The number of rotatable bonds is 1. The first-order chi connectivity index (χ1) is 7.77. The Kier molecular flexibility index (Phi) is 2.49. The molecule has 0 aliphatic carbocycles. The van der Waals surface area contributed by atoms with Crippen LogP contribution in [0, 0.1) is 6.92 Å². The number of hydrogen-bond acceptors (Lipinski definition) is 2. The van der Waals surface area contributed by atoms with E-state index in [9.17, 15) is 0 Å². The molecular weight excluding hydrogens is 198 g/mol. The Morgan fingerprint density at radius 1 is 1.25 bits per heavy atom. The van der Waals surface area contributed by atoms with Crippen LogP contribution in [0.3, 0.4) is 0 Å². The second-order valence-electron chi connectivity index (χ2n) is 5.15. The van der Waals surface area contributed by atoms with E-state index in [0.717, 1.165) is 19.6 Å². The molecule has 2 aliphatic rings. The average Bonchev–Trinajstić information content (AvgIpc) is 2.28. The van der Waals surface area contributed by atoms with E-state index in [1.165, 1.54) is 24.0 Å². The minimum atomic E-state index is 0.209. The van der Waals surface area contributed by atoms with E-state index in [2.05, 4.69) is 36.5 Å². The minimum Gasteiger partial charge on any atom is -0.375 e. The van der Waals surface area contributed by atoms with Gasteiger partial charge >= 0.3 is 0 Å². The van der Waals surface area contributed by atoms with Crippen LogP contribution in [-0.4, -0.2) is 18.8 Å². The number of ether oxygens (including phenoxy) is 1. The highest BCUT2D eigenvalue weighted by molar-refractivity contribution is 5.25. The topological polar surface area (TPSA) is 21.3 Å². The lowest BCUT2D eigenvalue weighted by atomic mass is 9.80. The molecule has 2 aliphatic heterocycles. The molecule has 0 amide bonds. The molecule has 0 radical (unpaired) electrons. The van der Waals surface area contributed by atoms with E-state index in [-0.39, 0.29) is 5.60 Å². The maximum atomic E-state index is 5.79. The largest absolute Gasteiger partial charge is 0.375 e. The fourth-order valence-electron chi connectivity index (χ4n) is 2.80. The summed E-state index contributed by atoms with van der Waals surface area (Å²) in [6, 6.07) is 9.35. The van der Waals surface area contributed by atoms with Crippen molar-refractivity contribution in [2.75, 3.05) is 13.2 Å². The molecule has 2 saturated heterocycles. The van der Waals surface area contributed by atoms with Crippen LogP contribution in [0.5, 0.6) is 0 Å². The van der Waals surface area contributed by atoms with Gasteiger partial charge in [-0.05, 0) is 38.3 Å². The number of piperidine rings is 1. The summed E-state index contributed by atoms with van der Waals surface area (Å²) in [4.78, 5) is 0. The van der Waals surface area contributed by atoms with Crippen LogP contribution in [0.25, 0.3) is 0 Å². The van der Waals surface area contributed by atoms with Gasteiger partial charge in [-0.1, -0.05) is 29.8 Å². The van der Waals surface area contributed by atoms with Crippen molar-refractivity contribution < 1.29 is 4.74 Å². The maximum absolute atomic E-state index is 5.79. The first-order valence-electron chi connectivity index (χ1n) is 6.21. The molecule has 1 aromatic rings. The molecule has 2 atom stereocenters. The van der Waals surface area contributed by atoms with Gasteiger partial charge in [0.15, 0.2) is 0 Å². The summed E-state index contributed by atoms with van der Waals surface area (Å²) in [5.74, 6) is 0. The third-order valence-electron chi connectivity index (χ3n) is 3.99. The van der Waals surface area contributed by atoms with Crippen molar-refractivity contribution in [3.8, 4) is 0 Å². The third-order valence-corrected chi connectivity index (χ3v) is 3.99. The van der Waals surface area contributed by atoms with E-state index >= 15 is 0 Å². The number of benzene rings is 1. The lowest BCUT2D eigenvalue weighted by molar-refractivity contribution is -0.168. The smallest absolute Gasteiger partial charge is 0.0734 e. The lowest BCUT2D eigenvalue weighted by Gasteiger charge is -2.47. The van der Waals surface area contributed by atoms with Crippen molar-refractivity contribution in [3.05, 3.63) is 35.4 Å². The van der Waals surface area contributed by atoms with Crippen LogP contribution in [0.2, 0.25) is 0 Å². The van der Waals surface area contributed by atoms with Crippen LogP contribution in [0.1, 0.15) is 36.4 Å². The summed E-state index contributed by atoms with van der Waals surface area (Å²) in [5, 5.41) is 3.60. The monoisotopic (exact) mass is 217 g/mol. The van der Waals surface area contributed by atoms with E-state index in [1.807, 2.05) is 0 Å². The molecular formula is C14H19NO. The predicted octanol–water partition coefficient (Wildman–Crippen LogP) is 2.58. The molecule has 3 rings (SSSR count). The highest BCUT2D eigenvalue weighted by Crippen LogP contribution is 2.40. The second-order valence-corrected chi connectivity index (χ2v) is 5.15. The van der Waals surface area contributed by atoms with Crippen LogP contribution < -0.4 is 5.32 Å². The fraction of sp³-hybridized carbons (Fsp3) is 0.571. The summed E-state index contributed by atoms with van der Waals surface area (Å²) in [6.07, 6.45) is 3.56. The molecule has 1 aromatic carbocycles. The van der Waals surface area contributed by atoms with Gasteiger partial charge in [-0.3, -0.25) is 0 Å². The third kappa shape index (κ3) is 1.76.